The zero-order valence-corrected chi connectivity index (χ0v) is 8.42. The molecule has 0 spiro atoms. The zero-order chi connectivity index (χ0) is 9.40. The minimum atomic E-state index is -1.03. The van der Waals surface area contributed by atoms with Gasteiger partial charge in [0, 0.05) is 6.42 Å². The third-order valence-corrected chi connectivity index (χ3v) is 2.01. The summed E-state index contributed by atoms with van der Waals surface area (Å²) in [5.74, 6) is -0.0713. The van der Waals surface area contributed by atoms with E-state index in [2.05, 4.69) is 11.6 Å². The first-order chi connectivity index (χ1) is 5.66. The Morgan fingerprint density at radius 1 is 1.58 bits per heavy atom. The van der Waals surface area contributed by atoms with Crippen LogP contribution in [0.5, 0.6) is 0 Å². The van der Waals surface area contributed by atoms with Gasteiger partial charge >= 0.3 is 6.27 Å². The number of nitrogens with one attached hydrogen (secondary N) is 1. The standard InChI is InChI=1S/C7H15BFNOS/c1-3-4-5-6-7(11)10-12-8(2)9/h3-6H2,1-2H3,(H,10,11). The molecule has 0 aromatic rings. The molecule has 0 rings (SSSR count). The minimum Gasteiger partial charge on any atom is -0.318 e. The molecule has 0 aliphatic heterocycles. The molecule has 1 amide bonds. The molecule has 0 saturated carbocycles. The van der Waals surface area contributed by atoms with E-state index in [1.54, 1.807) is 0 Å². The largest absolute Gasteiger partial charge is 0.429 e. The van der Waals surface area contributed by atoms with Crippen LogP contribution in [0.2, 0.25) is 6.82 Å². The summed E-state index contributed by atoms with van der Waals surface area (Å²) in [6.45, 7) is 3.48. The summed E-state index contributed by atoms with van der Waals surface area (Å²) in [6, 6.07) is 0. The highest BCUT2D eigenvalue weighted by molar-refractivity contribution is 8.23. The molecule has 5 heteroatoms. The first kappa shape index (κ1) is 11.8. The molecule has 0 heterocycles. The lowest BCUT2D eigenvalue weighted by Gasteiger charge is -2.02. The normalized spacial score (nSPS) is 9.58. The average molecular weight is 191 g/mol. The van der Waals surface area contributed by atoms with Gasteiger partial charge < -0.3 is 9.04 Å². The van der Waals surface area contributed by atoms with Crippen molar-refractivity contribution in [3.63, 3.8) is 0 Å². The smallest absolute Gasteiger partial charge is 0.318 e. The van der Waals surface area contributed by atoms with Gasteiger partial charge in [-0.1, -0.05) is 31.6 Å². The van der Waals surface area contributed by atoms with Crippen LogP contribution in [0.15, 0.2) is 0 Å². The van der Waals surface area contributed by atoms with Gasteiger partial charge in [-0.15, -0.1) is 0 Å². The van der Waals surface area contributed by atoms with Crippen LogP contribution in [-0.4, -0.2) is 12.2 Å². The Hall–Kier alpha value is -0.185. The number of hydrogen-bond acceptors (Lipinski definition) is 2. The lowest BCUT2D eigenvalue weighted by atomic mass is 10.1. The molecule has 12 heavy (non-hydrogen) atoms. The Labute approximate surface area is 77.8 Å². The predicted molar refractivity (Wildman–Crippen MR) is 52.6 cm³/mol. The molecular formula is C7H15BFNOS. The summed E-state index contributed by atoms with van der Waals surface area (Å²) in [6.07, 6.45) is 2.53. The number of amides is 1. The zero-order valence-electron chi connectivity index (χ0n) is 7.60. The number of unbranched alkanes of at least 4 members (excludes halogenated alkanes) is 2. The molecule has 0 radical (unpaired) electrons. The second-order valence-corrected chi connectivity index (χ2v) is 3.73. The number of halogens is 1. The van der Waals surface area contributed by atoms with Crippen LogP contribution in [0.25, 0.3) is 0 Å². The lowest BCUT2D eigenvalue weighted by molar-refractivity contribution is -0.119. The SMILES string of the molecule is CCCCCC(=O)NSB(C)F. The minimum absolute atomic E-state index is 0.0713. The van der Waals surface area contributed by atoms with Crippen LogP contribution >= 0.6 is 11.8 Å². The fourth-order valence-corrected chi connectivity index (χ4v) is 1.13. The molecule has 0 aliphatic carbocycles. The van der Waals surface area contributed by atoms with Crippen molar-refractivity contribution in [1.29, 1.82) is 0 Å². The highest BCUT2D eigenvalue weighted by atomic mass is 32.2. The van der Waals surface area contributed by atoms with Crippen molar-refractivity contribution in [2.75, 3.05) is 0 Å². The molecule has 0 aliphatic rings. The average Bonchev–Trinajstić information content (AvgIpc) is 2.01. The Bertz CT molecular complexity index is 135. The van der Waals surface area contributed by atoms with Crippen LogP contribution in [-0.2, 0) is 4.79 Å². The number of carbonyl (C=O) groups excluding carboxylic acids is 1. The van der Waals surface area contributed by atoms with Crippen LogP contribution in [0.1, 0.15) is 32.6 Å². The van der Waals surface area contributed by atoms with Crippen molar-refractivity contribution >= 4 is 24.0 Å². The van der Waals surface area contributed by atoms with Crippen molar-refractivity contribution in [3.8, 4) is 0 Å². The Balaban J connectivity index is 3.22. The van der Waals surface area contributed by atoms with E-state index in [9.17, 15) is 9.11 Å². The van der Waals surface area contributed by atoms with Gasteiger partial charge in [-0.2, -0.15) is 0 Å². The summed E-state index contributed by atoms with van der Waals surface area (Å²) in [7, 11) is 0. The van der Waals surface area contributed by atoms with E-state index in [4.69, 9.17) is 0 Å². The van der Waals surface area contributed by atoms with Gasteiger partial charge in [0.15, 0.2) is 0 Å². The molecule has 1 N–H and O–H groups in total. The quantitative estimate of drug-likeness (QED) is 0.396. The summed E-state index contributed by atoms with van der Waals surface area (Å²) in [4.78, 5) is 10.9. The number of rotatable bonds is 6. The van der Waals surface area contributed by atoms with Crippen molar-refractivity contribution in [1.82, 2.24) is 4.72 Å². The third-order valence-electron chi connectivity index (χ3n) is 1.34. The number of hydrogen-bond donors (Lipinski definition) is 1. The van der Waals surface area contributed by atoms with Gasteiger partial charge in [0.25, 0.3) is 0 Å². The van der Waals surface area contributed by atoms with E-state index in [0.29, 0.717) is 6.42 Å². The van der Waals surface area contributed by atoms with Crippen LogP contribution in [0, 0.1) is 0 Å². The first-order valence-corrected chi connectivity index (χ1v) is 5.13. The van der Waals surface area contributed by atoms with E-state index < -0.39 is 6.27 Å². The molecule has 2 nitrogen and oxygen atoms in total. The maximum atomic E-state index is 12.2. The maximum Gasteiger partial charge on any atom is 0.429 e. The Morgan fingerprint density at radius 3 is 2.75 bits per heavy atom. The molecule has 0 saturated heterocycles. The van der Waals surface area contributed by atoms with Gasteiger partial charge in [-0.25, -0.2) is 0 Å². The summed E-state index contributed by atoms with van der Waals surface area (Å²) in [5.41, 5.74) is 0. The van der Waals surface area contributed by atoms with Gasteiger partial charge in [0.2, 0.25) is 5.91 Å². The van der Waals surface area contributed by atoms with Crippen molar-refractivity contribution < 1.29 is 9.11 Å². The molecular weight excluding hydrogens is 176 g/mol. The van der Waals surface area contributed by atoms with E-state index in [1.807, 2.05) is 0 Å². The van der Waals surface area contributed by atoms with E-state index in [-0.39, 0.29) is 5.91 Å². The monoisotopic (exact) mass is 191 g/mol. The second-order valence-electron chi connectivity index (χ2n) is 2.64. The van der Waals surface area contributed by atoms with E-state index in [1.165, 1.54) is 6.82 Å². The van der Waals surface area contributed by atoms with E-state index in [0.717, 1.165) is 31.1 Å². The Kier molecular flexibility index (Phi) is 7.35. The second kappa shape index (κ2) is 7.46. The molecule has 0 aromatic heterocycles. The van der Waals surface area contributed by atoms with Crippen LogP contribution in [0.3, 0.4) is 0 Å². The van der Waals surface area contributed by atoms with Crippen molar-refractivity contribution in [2.45, 2.75) is 39.4 Å². The highest BCUT2D eigenvalue weighted by Crippen LogP contribution is 2.04. The summed E-state index contributed by atoms with van der Waals surface area (Å²) < 4.78 is 14.6. The van der Waals surface area contributed by atoms with Crippen LogP contribution < -0.4 is 4.72 Å². The van der Waals surface area contributed by atoms with E-state index >= 15 is 0 Å². The third kappa shape index (κ3) is 7.92. The fraction of sp³-hybridized carbons (Fsp3) is 0.857. The van der Waals surface area contributed by atoms with Gasteiger partial charge in [0.1, 0.15) is 0 Å². The van der Waals surface area contributed by atoms with Crippen LogP contribution in [0.4, 0.5) is 4.32 Å². The topological polar surface area (TPSA) is 29.1 Å². The lowest BCUT2D eigenvalue weighted by Crippen LogP contribution is -2.18. The molecule has 70 valence electrons. The van der Waals surface area contributed by atoms with Gasteiger partial charge in [-0.3, -0.25) is 4.79 Å². The fourth-order valence-electron chi connectivity index (χ4n) is 0.734. The number of carbonyl (C=O) groups is 1. The Morgan fingerprint density at radius 2 is 2.25 bits per heavy atom. The van der Waals surface area contributed by atoms with Gasteiger partial charge in [-0.05, 0) is 13.2 Å². The molecule has 0 aromatic carbocycles. The molecule has 0 atom stereocenters. The van der Waals surface area contributed by atoms with Gasteiger partial charge in [0.05, 0.1) is 0 Å². The summed E-state index contributed by atoms with van der Waals surface area (Å²) >= 11 is 0.831. The predicted octanol–water partition coefficient (Wildman–Crippen LogP) is 2.42. The summed E-state index contributed by atoms with van der Waals surface area (Å²) in [5, 5.41) is 0. The molecule has 0 unspecified atom stereocenters. The molecule has 0 fully saturated rings. The van der Waals surface area contributed by atoms with Crippen molar-refractivity contribution in [2.24, 2.45) is 0 Å². The van der Waals surface area contributed by atoms with Crippen molar-refractivity contribution in [3.05, 3.63) is 0 Å². The highest BCUT2D eigenvalue weighted by Gasteiger charge is 2.08. The molecule has 0 bridgehead atoms. The first-order valence-electron chi connectivity index (χ1n) is 4.25. The maximum absolute atomic E-state index is 12.2.